The van der Waals surface area contributed by atoms with E-state index in [2.05, 4.69) is 21.9 Å². The maximum absolute atomic E-state index is 13.4. The fourth-order valence-corrected chi connectivity index (χ4v) is 3.01. The summed E-state index contributed by atoms with van der Waals surface area (Å²) in [6.45, 7) is 6.82. The van der Waals surface area contributed by atoms with Crippen molar-refractivity contribution in [2.24, 2.45) is 0 Å². The van der Waals surface area contributed by atoms with Gasteiger partial charge in [0.2, 0.25) is 0 Å². The molecule has 1 aromatic heterocycles. The highest BCUT2D eigenvalue weighted by Gasteiger charge is 2.14. The molecule has 0 saturated carbocycles. The maximum atomic E-state index is 13.4. The van der Waals surface area contributed by atoms with Crippen LogP contribution in [0, 0.1) is 5.82 Å². The van der Waals surface area contributed by atoms with Crippen LogP contribution in [0.15, 0.2) is 49.3 Å². The number of allylic oxidation sites excluding steroid dienone is 1. The average molecular weight is 430 g/mol. The van der Waals surface area contributed by atoms with Crippen LogP contribution >= 0.6 is 11.6 Å². The molecule has 0 fully saturated rings. The summed E-state index contributed by atoms with van der Waals surface area (Å²) in [5.41, 5.74) is 1.88. The van der Waals surface area contributed by atoms with Crippen molar-refractivity contribution in [3.8, 4) is 5.75 Å². The van der Waals surface area contributed by atoms with Gasteiger partial charge in [-0.05, 0) is 37.3 Å². The molecule has 6 nitrogen and oxygen atoms in total. The highest BCUT2D eigenvalue weighted by Crippen LogP contribution is 2.31. The van der Waals surface area contributed by atoms with Gasteiger partial charge < -0.3 is 14.8 Å². The van der Waals surface area contributed by atoms with Gasteiger partial charge in [0.25, 0.3) is 0 Å². The Morgan fingerprint density at radius 1 is 1.27 bits per heavy atom. The lowest BCUT2D eigenvalue weighted by Gasteiger charge is -2.14. The van der Waals surface area contributed by atoms with Gasteiger partial charge in [0.05, 0.1) is 17.1 Å². The number of hydrogen-bond acceptors (Lipinski definition) is 6. The minimum Gasteiger partial charge on any atom is -0.491 e. The van der Waals surface area contributed by atoms with Crippen molar-refractivity contribution in [2.45, 2.75) is 13.3 Å². The lowest BCUT2D eigenvalue weighted by atomic mass is 10.0. The van der Waals surface area contributed by atoms with Crippen LogP contribution in [0.4, 0.5) is 15.9 Å². The smallest absolute Gasteiger partial charge is 0.159 e. The number of nitrogens with one attached hydrogen (secondary N) is 1. The molecule has 30 heavy (non-hydrogen) atoms. The maximum Gasteiger partial charge on any atom is 0.159 e. The van der Waals surface area contributed by atoms with E-state index in [1.54, 1.807) is 18.2 Å². The SMILES string of the molecule is C=CC(=O)Cc1cc2c(Nc3ccc(F)c(Cl)c3)ncnc2cc1OCCOCC. The van der Waals surface area contributed by atoms with Crippen molar-refractivity contribution in [1.29, 1.82) is 0 Å². The van der Waals surface area contributed by atoms with Crippen LogP contribution in [0.3, 0.4) is 0 Å². The zero-order valence-electron chi connectivity index (χ0n) is 16.5. The van der Waals surface area contributed by atoms with E-state index in [4.69, 9.17) is 21.1 Å². The molecule has 3 rings (SSSR count). The number of ether oxygens (including phenoxy) is 2. The summed E-state index contributed by atoms with van der Waals surface area (Å²) in [6.07, 6.45) is 2.81. The molecule has 0 atom stereocenters. The first-order chi connectivity index (χ1) is 14.5. The van der Waals surface area contributed by atoms with E-state index in [1.807, 2.05) is 6.92 Å². The van der Waals surface area contributed by atoms with Gasteiger partial charge in [-0.1, -0.05) is 18.2 Å². The Kier molecular flexibility index (Phi) is 7.32. The van der Waals surface area contributed by atoms with E-state index in [-0.39, 0.29) is 17.2 Å². The van der Waals surface area contributed by atoms with Crippen molar-refractivity contribution < 1.29 is 18.7 Å². The molecule has 0 aliphatic heterocycles. The Morgan fingerprint density at radius 2 is 2.10 bits per heavy atom. The highest BCUT2D eigenvalue weighted by atomic mass is 35.5. The second kappa shape index (κ2) is 10.1. The predicted octanol–water partition coefficient (Wildman–Crippen LogP) is 4.88. The largest absolute Gasteiger partial charge is 0.491 e. The third-order valence-corrected chi connectivity index (χ3v) is 4.57. The van der Waals surface area contributed by atoms with Crippen LogP contribution < -0.4 is 10.1 Å². The van der Waals surface area contributed by atoms with E-state index in [9.17, 15) is 9.18 Å². The molecule has 1 heterocycles. The number of aromatic nitrogens is 2. The van der Waals surface area contributed by atoms with Gasteiger partial charge in [0.1, 0.15) is 30.3 Å². The molecular formula is C22H21ClFN3O3. The van der Waals surface area contributed by atoms with Crippen molar-refractivity contribution in [3.63, 3.8) is 0 Å². The van der Waals surface area contributed by atoms with Crippen molar-refractivity contribution >= 4 is 39.8 Å². The predicted molar refractivity (Wildman–Crippen MR) is 115 cm³/mol. The lowest BCUT2D eigenvalue weighted by Crippen LogP contribution is -2.09. The zero-order valence-corrected chi connectivity index (χ0v) is 17.2. The number of ketones is 1. The molecule has 0 aliphatic carbocycles. The molecular weight excluding hydrogens is 409 g/mol. The Labute approximate surface area is 178 Å². The highest BCUT2D eigenvalue weighted by molar-refractivity contribution is 6.31. The van der Waals surface area contributed by atoms with Crippen molar-refractivity contribution in [3.05, 3.63) is 65.7 Å². The molecule has 8 heteroatoms. The number of halogens is 2. The van der Waals surface area contributed by atoms with Crippen LogP contribution in [0.1, 0.15) is 12.5 Å². The van der Waals surface area contributed by atoms with Crippen molar-refractivity contribution in [2.75, 3.05) is 25.1 Å². The first-order valence-electron chi connectivity index (χ1n) is 9.37. The Morgan fingerprint density at radius 3 is 2.83 bits per heavy atom. The summed E-state index contributed by atoms with van der Waals surface area (Å²) in [5, 5.41) is 3.80. The van der Waals surface area contributed by atoms with Gasteiger partial charge in [-0.25, -0.2) is 14.4 Å². The molecule has 2 aromatic carbocycles. The van der Waals surface area contributed by atoms with Crippen LogP contribution in [0.25, 0.3) is 10.9 Å². The fourth-order valence-electron chi connectivity index (χ4n) is 2.83. The summed E-state index contributed by atoms with van der Waals surface area (Å²) in [5.74, 6) is 0.400. The summed E-state index contributed by atoms with van der Waals surface area (Å²) in [6, 6.07) is 7.87. The van der Waals surface area contributed by atoms with Crippen LogP contribution in [-0.2, 0) is 16.0 Å². The Bertz CT molecular complexity index is 1070. The Hall–Kier alpha value is -3.03. The standard InChI is InChI=1S/C22H21ClFN3O3/c1-3-16(28)9-14-10-17-20(12-21(14)30-8-7-29-4-2)25-13-26-22(17)27-15-5-6-19(24)18(23)11-15/h3,5-6,10-13H,1,4,7-9H2,2H3,(H,25,26,27). The molecule has 0 unspecified atom stereocenters. The third kappa shape index (κ3) is 5.31. The van der Waals surface area contributed by atoms with E-state index in [0.29, 0.717) is 53.5 Å². The first kappa shape index (κ1) is 21.7. The molecule has 0 aliphatic rings. The second-order valence-electron chi connectivity index (χ2n) is 6.35. The number of nitrogens with zero attached hydrogens (tertiary/aromatic N) is 2. The first-order valence-corrected chi connectivity index (χ1v) is 9.75. The minimum atomic E-state index is -0.506. The third-order valence-electron chi connectivity index (χ3n) is 4.28. The van der Waals surface area contributed by atoms with Gasteiger partial charge in [-0.3, -0.25) is 4.79 Å². The molecule has 0 spiro atoms. The summed E-state index contributed by atoms with van der Waals surface area (Å²) in [4.78, 5) is 20.6. The van der Waals surface area contributed by atoms with E-state index in [0.717, 1.165) is 0 Å². The number of carbonyl (C=O) groups is 1. The summed E-state index contributed by atoms with van der Waals surface area (Å²) >= 11 is 5.87. The molecule has 3 aromatic rings. The topological polar surface area (TPSA) is 73.3 Å². The van der Waals surface area contributed by atoms with Crippen LogP contribution in [0.5, 0.6) is 5.75 Å². The number of benzene rings is 2. The molecule has 0 radical (unpaired) electrons. The minimum absolute atomic E-state index is 0.000569. The second-order valence-corrected chi connectivity index (χ2v) is 6.75. The Balaban J connectivity index is 1.98. The van der Waals surface area contributed by atoms with Gasteiger partial charge in [-0.15, -0.1) is 0 Å². The fraction of sp³-hybridized carbons (Fsp3) is 0.227. The molecule has 156 valence electrons. The lowest BCUT2D eigenvalue weighted by molar-refractivity contribution is -0.114. The van der Waals surface area contributed by atoms with E-state index >= 15 is 0 Å². The monoisotopic (exact) mass is 429 g/mol. The van der Waals surface area contributed by atoms with Gasteiger partial charge in [0, 0.05) is 35.7 Å². The quantitative estimate of drug-likeness (QED) is 0.366. The van der Waals surface area contributed by atoms with E-state index in [1.165, 1.54) is 24.5 Å². The number of hydrogen-bond donors (Lipinski definition) is 1. The van der Waals surface area contributed by atoms with Crippen LogP contribution in [0.2, 0.25) is 5.02 Å². The van der Waals surface area contributed by atoms with Gasteiger partial charge >= 0.3 is 0 Å². The molecule has 1 N–H and O–H groups in total. The zero-order chi connectivity index (χ0) is 21.5. The average Bonchev–Trinajstić information content (AvgIpc) is 2.74. The number of carbonyl (C=O) groups excluding carboxylic acids is 1. The summed E-state index contributed by atoms with van der Waals surface area (Å²) < 4.78 is 24.6. The van der Waals surface area contributed by atoms with Gasteiger partial charge in [-0.2, -0.15) is 0 Å². The molecule has 0 saturated heterocycles. The molecule has 0 amide bonds. The van der Waals surface area contributed by atoms with Crippen LogP contribution in [-0.4, -0.2) is 35.6 Å². The van der Waals surface area contributed by atoms with Gasteiger partial charge in [0.15, 0.2) is 5.78 Å². The van der Waals surface area contributed by atoms with Crippen molar-refractivity contribution in [1.82, 2.24) is 9.97 Å². The van der Waals surface area contributed by atoms with E-state index < -0.39 is 5.82 Å². The molecule has 0 bridgehead atoms. The number of anilines is 2. The number of fused-ring (bicyclic) bond motifs is 1. The summed E-state index contributed by atoms with van der Waals surface area (Å²) in [7, 11) is 0. The normalized spacial score (nSPS) is 10.8. The number of rotatable bonds is 10.